The zero-order valence-corrected chi connectivity index (χ0v) is 10.1. The second-order valence-electron chi connectivity index (χ2n) is 4.39. The van der Waals surface area contributed by atoms with Gasteiger partial charge in [-0.25, -0.2) is 0 Å². The van der Waals surface area contributed by atoms with Crippen LogP contribution in [-0.2, 0) is 16.1 Å². The lowest BCUT2D eigenvalue weighted by atomic mass is 10.2. The van der Waals surface area contributed by atoms with Crippen LogP contribution in [0.2, 0.25) is 0 Å². The summed E-state index contributed by atoms with van der Waals surface area (Å²) < 4.78 is 5.57. The first kappa shape index (κ1) is 12.0. The van der Waals surface area contributed by atoms with E-state index in [9.17, 15) is 4.79 Å². The number of carbonyl (C=O) groups is 1. The van der Waals surface area contributed by atoms with Gasteiger partial charge in [0, 0.05) is 39.0 Å². The van der Waals surface area contributed by atoms with Crippen molar-refractivity contribution in [1.29, 1.82) is 0 Å². The van der Waals surface area contributed by atoms with Crippen molar-refractivity contribution in [1.82, 2.24) is 9.88 Å². The number of hydrogen-bond donors (Lipinski definition) is 0. The number of nitrogens with zero attached hydrogens (tertiary/aromatic N) is 2. The fourth-order valence-electron chi connectivity index (χ4n) is 2.05. The van der Waals surface area contributed by atoms with Crippen LogP contribution in [0.15, 0.2) is 24.5 Å². The molecule has 2 rings (SSSR count). The van der Waals surface area contributed by atoms with Crippen LogP contribution >= 0.6 is 0 Å². The van der Waals surface area contributed by atoms with E-state index in [0.29, 0.717) is 13.1 Å². The van der Waals surface area contributed by atoms with E-state index in [-0.39, 0.29) is 12.0 Å². The third-order valence-electron chi connectivity index (χ3n) is 3.02. The van der Waals surface area contributed by atoms with Crippen LogP contribution in [0, 0.1) is 0 Å². The summed E-state index contributed by atoms with van der Waals surface area (Å²) in [4.78, 5) is 17.4. The van der Waals surface area contributed by atoms with E-state index in [0.717, 1.165) is 25.0 Å². The first-order valence-electron chi connectivity index (χ1n) is 6.02. The summed E-state index contributed by atoms with van der Waals surface area (Å²) in [5.74, 6) is 0.0947. The van der Waals surface area contributed by atoms with Gasteiger partial charge in [0.05, 0.1) is 6.10 Å². The molecule has 4 heteroatoms. The highest BCUT2D eigenvalue weighted by Gasteiger charge is 2.20. The van der Waals surface area contributed by atoms with Crippen molar-refractivity contribution in [3.63, 3.8) is 0 Å². The van der Waals surface area contributed by atoms with E-state index < -0.39 is 0 Å². The molecule has 1 amide bonds. The van der Waals surface area contributed by atoms with Gasteiger partial charge in [-0.05, 0) is 30.5 Å². The minimum absolute atomic E-state index is 0.0947. The van der Waals surface area contributed by atoms with Gasteiger partial charge in [0.25, 0.3) is 0 Å². The second-order valence-corrected chi connectivity index (χ2v) is 4.39. The minimum atomic E-state index is 0.0947. The molecule has 2 heterocycles. The number of pyridine rings is 1. The summed E-state index contributed by atoms with van der Waals surface area (Å²) in [6.07, 6.45) is 5.87. The molecule has 0 N–H and O–H groups in total. The standard InChI is InChI=1S/C13H18N2O2/c1-11(16)15(10-13-3-2-8-17-13)9-12-4-6-14-7-5-12/h4-7,13H,2-3,8-10H2,1H3. The molecule has 0 aliphatic carbocycles. The lowest BCUT2D eigenvalue weighted by molar-refractivity contribution is -0.131. The second kappa shape index (κ2) is 5.77. The number of hydrogen-bond acceptors (Lipinski definition) is 3. The van der Waals surface area contributed by atoms with Gasteiger partial charge in [-0.15, -0.1) is 0 Å². The Bertz CT molecular complexity index is 361. The maximum atomic E-state index is 11.6. The van der Waals surface area contributed by atoms with Gasteiger partial charge in [-0.1, -0.05) is 0 Å². The van der Waals surface area contributed by atoms with Crippen molar-refractivity contribution in [2.24, 2.45) is 0 Å². The Morgan fingerprint density at radius 2 is 2.29 bits per heavy atom. The topological polar surface area (TPSA) is 42.4 Å². The Balaban J connectivity index is 1.95. The van der Waals surface area contributed by atoms with E-state index in [2.05, 4.69) is 4.98 Å². The van der Waals surface area contributed by atoms with E-state index in [1.54, 1.807) is 19.3 Å². The summed E-state index contributed by atoms with van der Waals surface area (Å²) in [6.45, 7) is 3.76. The average molecular weight is 234 g/mol. The Hall–Kier alpha value is -1.42. The van der Waals surface area contributed by atoms with Crippen molar-refractivity contribution >= 4 is 5.91 Å². The molecule has 4 nitrogen and oxygen atoms in total. The third-order valence-corrected chi connectivity index (χ3v) is 3.02. The molecule has 0 bridgehead atoms. The Labute approximate surface area is 102 Å². The number of rotatable bonds is 4. The number of ether oxygens (including phenoxy) is 1. The zero-order valence-electron chi connectivity index (χ0n) is 10.1. The molecule has 1 aromatic rings. The molecular formula is C13H18N2O2. The summed E-state index contributed by atoms with van der Waals surface area (Å²) in [5.41, 5.74) is 1.10. The Kier molecular flexibility index (Phi) is 4.09. The maximum Gasteiger partial charge on any atom is 0.219 e. The molecule has 1 fully saturated rings. The van der Waals surface area contributed by atoms with Crippen LogP contribution in [-0.4, -0.2) is 35.0 Å². The number of amides is 1. The van der Waals surface area contributed by atoms with Gasteiger partial charge in [0.2, 0.25) is 5.91 Å². The molecule has 1 aromatic heterocycles. The number of aromatic nitrogens is 1. The molecule has 0 saturated carbocycles. The first-order chi connectivity index (χ1) is 8.25. The normalized spacial score (nSPS) is 19.2. The van der Waals surface area contributed by atoms with Crippen molar-refractivity contribution < 1.29 is 9.53 Å². The van der Waals surface area contributed by atoms with Crippen molar-refractivity contribution in [3.05, 3.63) is 30.1 Å². The average Bonchev–Trinajstić information content (AvgIpc) is 2.82. The Morgan fingerprint density at radius 3 is 2.88 bits per heavy atom. The van der Waals surface area contributed by atoms with Gasteiger partial charge < -0.3 is 9.64 Å². The molecule has 92 valence electrons. The van der Waals surface area contributed by atoms with E-state index in [4.69, 9.17) is 4.74 Å². The summed E-state index contributed by atoms with van der Waals surface area (Å²) in [7, 11) is 0. The van der Waals surface area contributed by atoms with Crippen molar-refractivity contribution in [2.45, 2.75) is 32.4 Å². The minimum Gasteiger partial charge on any atom is -0.376 e. The molecule has 1 saturated heterocycles. The molecule has 1 aliphatic heterocycles. The van der Waals surface area contributed by atoms with Crippen molar-refractivity contribution in [3.8, 4) is 0 Å². The Morgan fingerprint density at radius 1 is 1.53 bits per heavy atom. The maximum absolute atomic E-state index is 11.6. The van der Waals surface area contributed by atoms with Gasteiger partial charge in [0.1, 0.15) is 0 Å². The molecule has 0 radical (unpaired) electrons. The lowest BCUT2D eigenvalue weighted by Gasteiger charge is -2.24. The van der Waals surface area contributed by atoms with E-state index in [1.165, 1.54) is 0 Å². The molecule has 17 heavy (non-hydrogen) atoms. The van der Waals surface area contributed by atoms with Crippen LogP contribution in [0.5, 0.6) is 0 Å². The zero-order chi connectivity index (χ0) is 12.1. The molecule has 0 spiro atoms. The highest BCUT2D eigenvalue weighted by molar-refractivity contribution is 5.73. The fourth-order valence-corrected chi connectivity index (χ4v) is 2.05. The van der Waals surface area contributed by atoms with Crippen LogP contribution in [0.25, 0.3) is 0 Å². The monoisotopic (exact) mass is 234 g/mol. The lowest BCUT2D eigenvalue weighted by Crippen LogP contribution is -2.35. The van der Waals surface area contributed by atoms with Gasteiger partial charge in [-0.3, -0.25) is 9.78 Å². The van der Waals surface area contributed by atoms with Gasteiger partial charge in [0.15, 0.2) is 0 Å². The molecular weight excluding hydrogens is 216 g/mol. The predicted octanol–water partition coefficient (Wildman–Crippen LogP) is 1.61. The molecule has 0 aromatic carbocycles. The quantitative estimate of drug-likeness (QED) is 0.795. The number of carbonyl (C=O) groups excluding carboxylic acids is 1. The fraction of sp³-hybridized carbons (Fsp3) is 0.538. The van der Waals surface area contributed by atoms with Gasteiger partial charge >= 0.3 is 0 Å². The van der Waals surface area contributed by atoms with Gasteiger partial charge in [-0.2, -0.15) is 0 Å². The molecule has 1 atom stereocenters. The summed E-state index contributed by atoms with van der Waals surface area (Å²) in [5, 5.41) is 0. The predicted molar refractivity (Wildman–Crippen MR) is 64.3 cm³/mol. The smallest absolute Gasteiger partial charge is 0.219 e. The molecule has 1 aliphatic rings. The highest BCUT2D eigenvalue weighted by atomic mass is 16.5. The SMILES string of the molecule is CC(=O)N(Cc1ccncc1)CC1CCCO1. The summed E-state index contributed by atoms with van der Waals surface area (Å²) >= 11 is 0. The van der Waals surface area contributed by atoms with E-state index in [1.807, 2.05) is 17.0 Å². The van der Waals surface area contributed by atoms with Crippen LogP contribution in [0.4, 0.5) is 0 Å². The highest BCUT2D eigenvalue weighted by Crippen LogP contribution is 2.15. The summed E-state index contributed by atoms with van der Waals surface area (Å²) in [6, 6.07) is 3.87. The van der Waals surface area contributed by atoms with Crippen LogP contribution in [0.1, 0.15) is 25.3 Å². The van der Waals surface area contributed by atoms with Crippen LogP contribution < -0.4 is 0 Å². The third kappa shape index (κ3) is 3.53. The molecule has 1 unspecified atom stereocenters. The largest absolute Gasteiger partial charge is 0.376 e. The van der Waals surface area contributed by atoms with Crippen molar-refractivity contribution in [2.75, 3.05) is 13.2 Å². The van der Waals surface area contributed by atoms with Crippen LogP contribution in [0.3, 0.4) is 0 Å². The van der Waals surface area contributed by atoms with E-state index >= 15 is 0 Å². The first-order valence-corrected chi connectivity index (χ1v) is 6.02.